The summed E-state index contributed by atoms with van der Waals surface area (Å²) in [5.41, 5.74) is 4.76. The lowest BCUT2D eigenvalue weighted by Crippen LogP contribution is -2.58. The molecule has 57 heavy (non-hydrogen) atoms. The van der Waals surface area contributed by atoms with Gasteiger partial charge in [-0.15, -0.1) is 0 Å². The van der Waals surface area contributed by atoms with Crippen LogP contribution in [-0.2, 0) is 19.7 Å². The highest BCUT2D eigenvalue weighted by Crippen LogP contribution is 2.52. The first kappa shape index (κ1) is 38.3. The second kappa shape index (κ2) is 14.9. The molecule has 306 valence electrons. The van der Waals surface area contributed by atoms with Gasteiger partial charge in [0.25, 0.3) is 0 Å². The van der Waals surface area contributed by atoms with Crippen LogP contribution in [0.2, 0.25) is 0 Å². The largest absolute Gasteiger partial charge is 0.444 e. The second-order valence-electron chi connectivity index (χ2n) is 18.9. The molecule has 2 saturated carbocycles. The number of hydrogen-bond acceptors (Lipinski definition) is 9. The quantitative estimate of drug-likeness (QED) is 0.293. The van der Waals surface area contributed by atoms with Crippen molar-refractivity contribution < 1.29 is 19.1 Å². The van der Waals surface area contributed by atoms with Gasteiger partial charge in [0, 0.05) is 74.7 Å². The first-order valence-electron chi connectivity index (χ1n) is 21.7. The molecule has 3 saturated heterocycles. The van der Waals surface area contributed by atoms with Crippen LogP contribution in [0.25, 0.3) is 22.3 Å². The molecule has 1 N–H and O–H groups in total. The predicted molar refractivity (Wildman–Crippen MR) is 221 cm³/mol. The fraction of sp³-hybridized carbons (Fsp3) is 0.659. The van der Waals surface area contributed by atoms with E-state index in [-0.39, 0.29) is 30.0 Å². The number of benzene rings is 1. The number of piperidine rings is 2. The average molecular weight is 780 g/mol. The number of piperazine rings is 1. The van der Waals surface area contributed by atoms with Crippen molar-refractivity contribution in [1.29, 1.82) is 0 Å². The lowest BCUT2D eigenvalue weighted by molar-refractivity contribution is -0.137. The number of rotatable bonds is 8. The molecule has 13 nitrogen and oxygen atoms in total. The minimum atomic E-state index is -0.647. The standard InChI is InChI=1S/C44H61N9O4/c1-29(2)52-28-45-36-26-35(47-40(39(36)52)46-31-10-11-31)30-9-12-34-37(23-30)53(33-24-32(25-33)49-15-7-6-8-16-49)41(55)44(34)13-17-50(18-14-44)38(54)27-48-19-21-51(22-20-48)42(56)57-43(3,4)5/h9,12,23,26,28-29,31-33H,6-8,10-11,13-22,24-25,27H2,1-5H3,(H,46,47)/t32-,33+. The van der Waals surface area contributed by atoms with Gasteiger partial charge in [0.1, 0.15) is 11.1 Å². The number of anilines is 2. The lowest BCUT2D eigenvalue weighted by atomic mass is 9.73. The van der Waals surface area contributed by atoms with Crippen molar-refractivity contribution in [1.82, 2.24) is 34.1 Å². The Bertz CT molecular complexity index is 2010. The Labute approximate surface area is 337 Å². The van der Waals surface area contributed by atoms with E-state index in [9.17, 15) is 9.59 Å². The Balaban J connectivity index is 0.947. The Kier molecular flexibility index (Phi) is 9.98. The highest BCUT2D eigenvalue weighted by atomic mass is 16.6. The molecule has 3 amide bonds. The summed E-state index contributed by atoms with van der Waals surface area (Å²) in [7, 11) is 0. The molecule has 2 aliphatic carbocycles. The summed E-state index contributed by atoms with van der Waals surface area (Å²) in [6, 6.07) is 10.1. The molecule has 9 rings (SSSR count). The van der Waals surface area contributed by atoms with Crippen LogP contribution < -0.4 is 10.2 Å². The molecule has 6 heterocycles. The first-order chi connectivity index (χ1) is 27.4. The van der Waals surface area contributed by atoms with E-state index in [1.54, 1.807) is 4.90 Å². The summed E-state index contributed by atoms with van der Waals surface area (Å²) < 4.78 is 7.75. The summed E-state index contributed by atoms with van der Waals surface area (Å²) in [6.07, 6.45) is 11.0. The average Bonchev–Trinajstić information content (AvgIpc) is 3.83. The molecular formula is C44H61N9O4. The predicted octanol–water partition coefficient (Wildman–Crippen LogP) is 6.03. The third kappa shape index (κ3) is 7.39. The number of carbonyl (C=O) groups excluding carboxylic acids is 3. The molecule has 0 unspecified atom stereocenters. The molecule has 0 radical (unpaired) electrons. The lowest BCUT2D eigenvalue weighted by Gasteiger charge is -2.48. The number of nitrogens with zero attached hydrogens (tertiary/aromatic N) is 8. The number of ether oxygens (including phenoxy) is 1. The highest BCUT2D eigenvalue weighted by molar-refractivity contribution is 6.09. The van der Waals surface area contributed by atoms with Gasteiger partial charge >= 0.3 is 6.09 Å². The van der Waals surface area contributed by atoms with Crippen molar-refractivity contribution in [2.75, 3.05) is 69.1 Å². The Morgan fingerprint density at radius 3 is 2.30 bits per heavy atom. The molecule has 0 atom stereocenters. The van der Waals surface area contributed by atoms with E-state index in [4.69, 9.17) is 14.7 Å². The van der Waals surface area contributed by atoms with Crippen LogP contribution in [0.5, 0.6) is 0 Å². The molecular weight excluding hydrogens is 719 g/mol. The summed E-state index contributed by atoms with van der Waals surface area (Å²) in [6.45, 7) is 16.0. The zero-order valence-corrected chi connectivity index (χ0v) is 34.6. The van der Waals surface area contributed by atoms with E-state index in [2.05, 4.69) is 62.7 Å². The number of likely N-dealkylation sites (tertiary alicyclic amines) is 2. The van der Waals surface area contributed by atoms with Crippen molar-refractivity contribution in [2.24, 2.45) is 0 Å². The number of imidazole rings is 1. The molecule has 5 fully saturated rings. The Morgan fingerprint density at radius 2 is 1.63 bits per heavy atom. The normalized spacial score (nSPS) is 24.3. The fourth-order valence-electron chi connectivity index (χ4n) is 9.91. The van der Waals surface area contributed by atoms with Crippen LogP contribution in [0.15, 0.2) is 30.6 Å². The highest BCUT2D eigenvalue weighted by Gasteiger charge is 2.56. The Morgan fingerprint density at radius 1 is 0.912 bits per heavy atom. The maximum Gasteiger partial charge on any atom is 0.410 e. The van der Waals surface area contributed by atoms with Gasteiger partial charge < -0.3 is 34.2 Å². The topological polar surface area (TPSA) is 119 Å². The van der Waals surface area contributed by atoms with Gasteiger partial charge in [-0.3, -0.25) is 14.5 Å². The van der Waals surface area contributed by atoms with Crippen LogP contribution in [0.1, 0.15) is 104 Å². The number of pyridine rings is 1. The van der Waals surface area contributed by atoms with Gasteiger partial charge in [0.05, 0.1) is 29.5 Å². The number of carbonyl (C=O) groups is 3. The van der Waals surface area contributed by atoms with Crippen LogP contribution >= 0.6 is 0 Å². The van der Waals surface area contributed by atoms with Gasteiger partial charge in [0.15, 0.2) is 5.82 Å². The molecule has 6 aliphatic rings. The molecule has 1 spiro atoms. The number of amides is 3. The molecule has 2 aromatic heterocycles. The van der Waals surface area contributed by atoms with Crippen molar-refractivity contribution in [3.8, 4) is 11.3 Å². The van der Waals surface area contributed by atoms with Gasteiger partial charge in [-0.2, -0.15) is 0 Å². The summed E-state index contributed by atoms with van der Waals surface area (Å²) in [4.78, 5) is 62.0. The van der Waals surface area contributed by atoms with Crippen LogP contribution in [0.4, 0.5) is 16.3 Å². The number of aromatic nitrogens is 3. The summed E-state index contributed by atoms with van der Waals surface area (Å²) in [5, 5.41) is 3.69. The van der Waals surface area contributed by atoms with Gasteiger partial charge in [-0.1, -0.05) is 18.6 Å². The van der Waals surface area contributed by atoms with Gasteiger partial charge in [0.2, 0.25) is 11.8 Å². The van der Waals surface area contributed by atoms with E-state index >= 15 is 4.79 Å². The first-order valence-corrected chi connectivity index (χ1v) is 21.7. The zero-order valence-electron chi connectivity index (χ0n) is 34.6. The third-order valence-corrected chi connectivity index (χ3v) is 13.4. The van der Waals surface area contributed by atoms with Crippen molar-refractivity contribution in [2.45, 2.75) is 128 Å². The molecule has 1 aromatic carbocycles. The minimum Gasteiger partial charge on any atom is -0.444 e. The number of hydrogen-bond donors (Lipinski definition) is 1. The van der Waals surface area contributed by atoms with Crippen LogP contribution in [0.3, 0.4) is 0 Å². The maximum absolute atomic E-state index is 15.0. The third-order valence-electron chi connectivity index (χ3n) is 13.4. The summed E-state index contributed by atoms with van der Waals surface area (Å²) in [5.74, 6) is 1.18. The van der Waals surface area contributed by atoms with E-state index in [1.807, 2.05) is 32.0 Å². The zero-order chi connectivity index (χ0) is 39.6. The van der Waals surface area contributed by atoms with Gasteiger partial charge in [-0.25, -0.2) is 14.8 Å². The monoisotopic (exact) mass is 779 g/mol. The van der Waals surface area contributed by atoms with Gasteiger partial charge in [-0.05, 0) is 117 Å². The van der Waals surface area contributed by atoms with E-state index in [1.165, 1.54) is 19.3 Å². The minimum absolute atomic E-state index is 0.0915. The van der Waals surface area contributed by atoms with Crippen LogP contribution in [0, 0.1) is 0 Å². The van der Waals surface area contributed by atoms with Crippen molar-refractivity contribution in [3.63, 3.8) is 0 Å². The van der Waals surface area contributed by atoms with E-state index in [0.717, 1.165) is 78.1 Å². The summed E-state index contributed by atoms with van der Waals surface area (Å²) >= 11 is 0. The molecule has 0 bridgehead atoms. The molecule has 13 heteroatoms. The second-order valence-corrected chi connectivity index (χ2v) is 18.9. The SMILES string of the molecule is CC(C)n1cnc2cc(-c3ccc4c(c3)N([C@H]3C[C@@H](N5CCCCC5)C3)C(=O)C43CCN(C(=O)CN4CCN(C(=O)OC(C)(C)C)CC4)CC3)nc(NC3CC3)c21. The van der Waals surface area contributed by atoms with E-state index in [0.29, 0.717) is 70.7 Å². The smallest absolute Gasteiger partial charge is 0.410 e. The van der Waals surface area contributed by atoms with Crippen LogP contribution in [-0.4, -0.2) is 135 Å². The number of nitrogens with one attached hydrogen (secondary N) is 1. The van der Waals surface area contributed by atoms with Crippen molar-refractivity contribution in [3.05, 3.63) is 36.2 Å². The molecule has 4 aliphatic heterocycles. The fourth-order valence-corrected chi connectivity index (χ4v) is 9.91. The van der Waals surface area contributed by atoms with Crippen molar-refractivity contribution >= 4 is 40.4 Å². The maximum atomic E-state index is 15.0. The molecule has 3 aromatic rings. The van der Waals surface area contributed by atoms with E-state index < -0.39 is 11.0 Å². The number of fused-ring (bicyclic) bond motifs is 3. The Hall–Kier alpha value is -4.23.